The molecular weight excluding hydrogens is 523 g/mol. The minimum absolute atomic E-state index is 0.105. The smallest absolute Gasteiger partial charge is 0.272 e. The number of nitrogens with zero attached hydrogens (tertiary/aromatic N) is 3. The van der Waals surface area contributed by atoms with Crippen molar-refractivity contribution in [3.8, 4) is 5.75 Å². The Labute approximate surface area is 237 Å². The number of aromatic hydroxyl groups is 1. The van der Waals surface area contributed by atoms with E-state index < -0.39 is 23.8 Å². The summed E-state index contributed by atoms with van der Waals surface area (Å²) in [7, 11) is 0. The number of anilines is 1. The number of carbonyl (C=O) groups excluding carboxylic acids is 3. The van der Waals surface area contributed by atoms with Crippen LogP contribution in [0.4, 0.5) is 10.1 Å². The van der Waals surface area contributed by atoms with Crippen molar-refractivity contribution < 1.29 is 23.9 Å². The second kappa shape index (κ2) is 11.2. The molecule has 4 aliphatic rings. The number of fused-ring (bicyclic) bond motifs is 5. The van der Waals surface area contributed by atoms with Crippen LogP contribution in [0.1, 0.15) is 47.2 Å². The quantitative estimate of drug-likeness (QED) is 0.495. The summed E-state index contributed by atoms with van der Waals surface area (Å²) in [5.74, 6) is -1.12. The molecule has 9 heteroatoms. The lowest BCUT2D eigenvalue weighted by molar-refractivity contribution is -0.132. The molecule has 0 spiro atoms. The summed E-state index contributed by atoms with van der Waals surface area (Å²) in [5, 5.41) is 12.5. The van der Waals surface area contributed by atoms with Gasteiger partial charge in [-0.05, 0) is 73.9 Å². The molecule has 41 heavy (non-hydrogen) atoms. The second-order valence-corrected chi connectivity index (χ2v) is 11.0. The van der Waals surface area contributed by atoms with Crippen LogP contribution in [-0.4, -0.2) is 59.2 Å². The monoisotopic (exact) mass is 554 g/mol. The maximum absolute atomic E-state index is 15.1. The van der Waals surface area contributed by atoms with Gasteiger partial charge in [0, 0.05) is 29.8 Å². The van der Waals surface area contributed by atoms with Gasteiger partial charge in [0.25, 0.3) is 11.8 Å². The van der Waals surface area contributed by atoms with Crippen LogP contribution < -0.4 is 10.2 Å². The maximum Gasteiger partial charge on any atom is 0.272 e. The number of nitrogens with one attached hydrogen (secondary N) is 1. The largest absolute Gasteiger partial charge is 0.508 e. The molecule has 0 unspecified atom stereocenters. The Balaban J connectivity index is 1.39. The van der Waals surface area contributed by atoms with E-state index in [0.29, 0.717) is 36.2 Å². The van der Waals surface area contributed by atoms with E-state index in [1.165, 1.54) is 35.2 Å². The van der Waals surface area contributed by atoms with Gasteiger partial charge in [-0.3, -0.25) is 19.3 Å². The molecule has 3 amide bonds. The third kappa shape index (κ3) is 5.44. The first kappa shape index (κ1) is 26.7. The van der Waals surface area contributed by atoms with Gasteiger partial charge in [0.15, 0.2) is 0 Å². The zero-order chi connectivity index (χ0) is 28.5. The minimum atomic E-state index is -1.44. The number of benzene rings is 3. The lowest BCUT2D eigenvalue weighted by Gasteiger charge is -2.29. The van der Waals surface area contributed by atoms with Gasteiger partial charge >= 0.3 is 0 Å². The summed E-state index contributed by atoms with van der Waals surface area (Å²) in [6, 6.07) is 18.8. The van der Waals surface area contributed by atoms with Crippen LogP contribution in [0.25, 0.3) is 0 Å². The Bertz CT molecular complexity index is 1520. The molecule has 0 radical (unpaired) electrons. The summed E-state index contributed by atoms with van der Waals surface area (Å²) < 4.78 is 15.1. The molecule has 3 fully saturated rings. The summed E-state index contributed by atoms with van der Waals surface area (Å²) in [5.41, 5.74) is 1.38. The van der Waals surface area contributed by atoms with Gasteiger partial charge in [0.1, 0.15) is 18.1 Å². The number of phenolic OH excluding ortho intramolecular Hbond substituents is 1. The molecule has 3 aromatic carbocycles. The molecule has 2 bridgehead atoms. The first-order valence-corrected chi connectivity index (χ1v) is 14.0. The van der Waals surface area contributed by atoms with Crippen molar-refractivity contribution in [2.75, 3.05) is 24.5 Å². The van der Waals surface area contributed by atoms with Crippen molar-refractivity contribution in [3.05, 3.63) is 95.3 Å². The number of benzodiazepines with no additional fused rings is 1. The van der Waals surface area contributed by atoms with Crippen LogP contribution in [0, 0.1) is 17.7 Å². The third-order valence-corrected chi connectivity index (χ3v) is 8.28. The van der Waals surface area contributed by atoms with Crippen molar-refractivity contribution in [2.24, 2.45) is 16.8 Å². The Morgan fingerprint density at radius 3 is 2.24 bits per heavy atom. The average Bonchev–Trinajstić information content (AvgIpc) is 3.36. The Morgan fingerprint density at radius 2 is 1.56 bits per heavy atom. The van der Waals surface area contributed by atoms with Crippen molar-refractivity contribution in [3.63, 3.8) is 0 Å². The molecule has 1 aliphatic carbocycles. The minimum Gasteiger partial charge on any atom is -0.508 e. The topological polar surface area (TPSA) is 102 Å². The SMILES string of the molecule is O=C(N[C@H]1N=C(c2ccccc2F)c2ccccc2N(CC(=O)N2CC3CCC(CC3)C2)C1=O)c1cccc(O)c1. The van der Waals surface area contributed by atoms with Gasteiger partial charge in [-0.15, -0.1) is 0 Å². The molecule has 8 nitrogen and oxygen atoms in total. The molecule has 7 rings (SSSR count). The number of halogens is 1. The highest BCUT2D eigenvalue weighted by Crippen LogP contribution is 2.34. The van der Waals surface area contributed by atoms with Crippen LogP contribution in [-0.2, 0) is 9.59 Å². The average molecular weight is 555 g/mol. The first-order chi connectivity index (χ1) is 19.9. The Kier molecular flexibility index (Phi) is 7.26. The molecule has 210 valence electrons. The fourth-order valence-electron chi connectivity index (χ4n) is 6.14. The van der Waals surface area contributed by atoms with Gasteiger partial charge in [0.05, 0.1) is 11.4 Å². The van der Waals surface area contributed by atoms with Crippen molar-refractivity contribution in [2.45, 2.75) is 31.8 Å². The molecule has 3 heterocycles. The van der Waals surface area contributed by atoms with E-state index in [-0.39, 0.29) is 35.0 Å². The highest BCUT2D eigenvalue weighted by Gasteiger charge is 2.37. The van der Waals surface area contributed by atoms with Gasteiger partial charge in [-0.1, -0.05) is 36.4 Å². The second-order valence-electron chi connectivity index (χ2n) is 11.0. The van der Waals surface area contributed by atoms with E-state index in [9.17, 15) is 19.5 Å². The molecule has 1 saturated carbocycles. The highest BCUT2D eigenvalue weighted by atomic mass is 19.1. The van der Waals surface area contributed by atoms with Crippen molar-refractivity contribution in [1.82, 2.24) is 10.2 Å². The van der Waals surface area contributed by atoms with E-state index in [0.717, 1.165) is 25.7 Å². The number of carbonyl (C=O) groups is 3. The molecule has 3 aromatic rings. The number of aliphatic imine (C=N–C) groups is 1. The normalized spacial score (nSPS) is 21.9. The van der Waals surface area contributed by atoms with Crippen LogP contribution >= 0.6 is 0 Å². The van der Waals surface area contributed by atoms with Crippen LogP contribution in [0.5, 0.6) is 5.75 Å². The predicted octanol–water partition coefficient (Wildman–Crippen LogP) is 4.12. The lowest BCUT2D eigenvalue weighted by Crippen LogP contribution is -2.51. The fourth-order valence-corrected chi connectivity index (χ4v) is 6.14. The van der Waals surface area contributed by atoms with E-state index >= 15 is 4.39 Å². The number of hydrogen-bond acceptors (Lipinski definition) is 5. The highest BCUT2D eigenvalue weighted by molar-refractivity contribution is 6.21. The number of rotatable bonds is 5. The molecular formula is C32H31FN4O4. The predicted molar refractivity (Wildman–Crippen MR) is 152 cm³/mol. The maximum atomic E-state index is 15.1. The van der Waals surface area contributed by atoms with E-state index in [4.69, 9.17) is 0 Å². The number of phenols is 1. The molecule has 3 aliphatic heterocycles. The van der Waals surface area contributed by atoms with Crippen LogP contribution in [0.3, 0.4) is 0 Å². The molecule has 2 N–H and O–H groups in total. The first-order valence-electron chi connectivity index (χ1n) is 14.0. The van der Waals surface area contributed by atoms with Crippen LogP contribution in [0.2, 0.25) is 0 Å². The standard InChI is InChI=1S/C32H31FN4O4/c33-26-10-3-1-8-24(26)29-25-9-2-4-11-27(25)37(19-28(39)36-17-20-12-13-21(18-36)15-14-20)32(41)30(34-29)35-31(40)22-6-5-7-23(38)16-22/h1-11,16,20-21,30,38H,12-15,17-19H2,(H,35,40)/t20?,21?,30-/m1/s1. The van der Waals surface area contributed by atoms with E-state index in [1.807, 2.05) is 4.90 Å². The fraction of sp³-hybridized carbons (Fsp3) is 0.312. The lowest BCUT2D eigenvalue weighted by atomic mass is 9.84. The molecule has 1 atom stereocenters. The van der Waals surface area contributed by atoms with E-state index in [2.05, 4.69) is 10.3 Å². The molecule has 2 saturated heterocycles. The number of amides is 3. The number of para-hydroxylation sites is 1. The summed E-state index contributed by atoms with van der Waals surface area (Å²) in [6.07, 6.45) is 3.01. The summed E-state index contributed by atoms with van der Waals surface area (Å²) >= 11 is 0. The van der Waals surface area contributed by atoms with Gasteiger partial charge in [0.2, 0.25) is 12.1 Å². The zero-order valence-corrected chi connectivity index (χ0v) is 22.5. The Morgan fingerprint density at radius 1 is 0.902 bits per heavy atom. The third-order valence-electron chi connectivity index (χ3n) is 8.28. The van der Waals surface area contributed by atoms with Crippen LogP contribution in [0.15, 0.2) is 77.8 Å². The van der Waals surface area contributed by atoms with Gasteiger partial charge in [-0.25, -0.2) is 9.38 Å². The van der Waals surface area contributed by atoms with E-state index in [1.54, 1.807) is 42.5 Å². The van der Waals surface area contributed by atoms with Crippen molar-refractivity contribution in [1.29, 1.82) is 0 Å². The molecule has 0 aromatic heterocycles. The number of hydrogen-bond donors (Lipinski definition) is 2. The Hall–Kier alpha value is -4.53. The summed E-state index contributed by atoms with van der Waals surface area (Å²) in [4.78, 5) is 48.9. The summed E-state index contributed by atoms with van der Waals surface area (Å²) in [6.45, 7) is 1.12. The van der Waals surface area contributed by atoms with Crippen molar-refractivity contribution >= 4 is 29.1 Å². The van der Waals surface area contributed by atoms with Gasteiger partial charge in [-0.2, -0.15) is 0 Å². The van der Waals surface area contributed by atoms with Gasteiger partial charge < -0.3 is 15.3 Å². The zero-order valence-electron chi connectivity index (χ0n) is 22.5.